The summed E-state index contributed by atoms with van der Waals surface area (Å²) >= 11 is 3.83. The Balaban J connectivity index is 3.19. The molecule has 0 radical (unpaired) electrons. The third-order valence-electron chi connectivity index (χ3n) is 1.59. The number of rotatable bonds is 8. The third kappa shape index (κ3) is 10.3. The highest BCUT2D eigenvalue weighted by molar-refractivity contribution is 14.1. The number of hydrogen-bond donors (Lipinski definition) is 1. The molecule has 0 aliphatic carbocycles. The lowest BCUT2D eigenvalue weighted by atomic mass is 10.2. The van der Waals surface area contributed by atoms with Gasteiger partial charge in [-0.1, -0.05) is 22.6 Å². The van der Waals surface area contributed by atoms with E-state index in [1.807, 2.05) is 0 Å². The standard InChI is InChI=1S/C9H16INO2S/c1-8(12)4-2-3-5-11-9(13)6-14-7-10/h2-7H2,1H3,(H,11,13). The van der Waals surface area contributed by atoms with Crippen molar-refractivity contribution in [2.24, 2.45) is 0 Å². The Morgan fingerprint density at radius 3 is 2.64 bits per heavy atom. The molecule has 0 spiro atoms. The van der Waals surface area contributed by atoms with Crippen LogP contribution in [0.15, 0.2) is 0 Å². The normalized spacial score (nSPS) is 9.86. The largest absolute Gasteiger partial charge is 0.355 e. The van der Waals surface area contributed by atoms with Crippen LogP contribution in [-0.2, 0) is 9.59 Å². The first kappa shape index (κ1) is 14.2. The van der Waals surface area contributed by atoms with Gasteiger partial charge in [0, 0.05) is 16.7 Å². The topological polar surface area (TPSA) is 46.2 Å². The molecular weight excluding hydrogens is 313 g/mol. The van der Waals surface area contributed by atoms with Gasteiger partial charge >= 0.3 is 0 Å². The summed E-state index contributed by atoms with van der Waals surface area (Å²) in [5.41, 5.74) is 0. The number of thioether (sulfide) groups is 1. The summed E-state index contributed by atoms with van der Waals surface area (Å²) in [5.74, 6) is 0.849. The molecule has 82 valence electrons. The van der Waals surface area contributed by atoms with Crippen molar-refractivity contribution in [2.45, 2.75) is 26.2 Å². The Labute approximate surface area is 103 Å². The number of halogens is 1. The molecule has 0 aromatic rings. The van der Waals surface area contributed by atoms with Gasteiger partial charge in [-0.25, -0.2) is 0 Å². The van der Waals surface area contributed by atoms with E-state index in [-0.39, 0.29) is 11.7 Å². The van der Waals surface area contributed by atoms with E-state index in [1.165, 1.54) is 0 Å². The molecule has 0 unspecified atom stereocenters. The number of Topliss-reactive ketones (excluding diaryl/α,β-unsaturated/α-hetero) is 1. The van der Waals surface area contributed by atoms with Gasteiger partial charge in [0.05, 0.1) is 5.75 Å². The minimum Gasteiger partial charge on any atom is -0.355 e. The summed E-state index contributed by atoms with van der Waals surface area (Å²) in [7, 11) is 0. The van der Waals surface area contributed by atoms with Gasteiger partial charge in [0.1, 0.15) is 5.78 Å². The second kappa shape index (κ2) is 9.76. The molecule has 0 heterocycles. The van der Waals surface area contributed by atoms with E-state index in [9.17, 15) is 9.59 Å². The summed E-state index contributed by atoms with van der Waals surface area (Å²) in [6.45, 7) is 2.28. The summed E-state index contributed by atoms with van der Waals surface area (Å²) in [5, 5.41) is 2.82. The fourth-order valence-electron chi connectivity index (χ4n) is 0.909. The lowest BCUT2D eigenvalue weighted by Gasteiger charge is -2.03. The van der Waals surface area contributed by atoms with Crippen LogP contribution in [0, 0.1) is 0 Å². The van der Waals surface area contributed by atoms with E-state index in [0.717, 1.165) is 16.6 Å². The molecule has 0 fully saturated rings. The van der Waals surface area contributed by atoms with Crippen molar-refractivity contribution >= 4 is 46.0 Å². The molecular formula is C9H16INO2S. The van der Waals surface area contributed by atoms with Crippen molar-refractivity contribution < 1.29 is 9.59 Å². The van der Waals surface area contributed by atoms with Gasteiger partial charge in [-0.05, 0) is 19.8 Å². The average Bonchev–Trinajstić information content (AvgIpc) is 2.13. The molecule has 3 nitrogen and oxygen atoms in total. The molecule has 0 bridgehead atoms. The van der Waals surface area contributed by atoms with Crippen LogP contribution >= 0.6 is 34.4 Å². The second-order valence-electron chi connectivity index (χ2n) is 2.97. The Morgan fingerprint density at radius 1 is 1.36 bits per heavy atom. The Bertz CT molecular complexity index is 188. The van der Waals surface area contributed by atoms with E-state index in [1.54, 1.807) is 18.7 Å². The number of alkyl halides is 1. The maximum atomic E-state index is 11.1. The fraction of sp³-hybridized carbons (Fsp3) is 0.778. The predicted octanol–water partition coefficient (Wildman–Crippen LogP) is 1.99. The first-order valence-electron chi connectivity index (χ1n) is 4.56. The zero-order valence-electron chi connectivity index (χ0n) is 8.35. The molecule has 0 aliphatic heterocycles. The van der Waals surface area contributed by atoms with Crippen molar-refractivity contribution in [3.8, 4) is 0 Å². The molecule has 5 heteroatoms. The molecule has 0 aliphatic rings. The van der Waals surface area contributed by atoms with Gasteiger partial charge in [0.25, 0.3) is 0 Å². The van der Waals surface area contributed by atoms with Crippen molar-refractivity contribution in [3.05, 3.63) is 0 Å². The van der Waals surface area contributed by atoms with Crippen LogP contribution in [-0.4, -0.2) is 27.7 Å². The third-order valence-corrected chi connectivity index (χ3v) is 3.53. The summed E-state index contributed by atoms with van der Waals surface area (Å²) in [6, 6.07) is 0. The Hall–Kier alpha value is 0.220. The van der Waals surface area contributed by atoms with Crippen molar-refractivity contribution in [1.82, 2.24) is 5.32 Å². The lowest BCUT2D eigenvalue weighted by Crippen LogP contribution is -2.26. The first-order chi connectivity index (χ1) is 6.66. The van der Waals surface area contributed by atoms with E-state index in [4.69, 9.17) is 0 Å². The predicted molar refractivity (Wildman–Crippen MR) is 68.9 cm³/mol. The number of ketones is 1. The van der Waals surface area contributed by atoms with Crippen molar-refractivity contribution in [3.63, 3.8) is 0 Å². The van der Waals surface area contributed by atoms with Gasteiger partial charge in [-0.2, -0.15) is 0 Å². The van der Waals surface area contributed by atoms with Crippen LogP contribution in [0.1, 0.15) is 26.2 Å². The Kier molecular flexibility index (Phi) is 9.92. The molecule has 0 saturated carbocycles. The number of hydrogen-bond acceptors (Lipinski definition) is 3. The van der Waals surface area contributed by atoms with Crippen LogP contribution in [0.25, 0.3) is 0 Å². The highest BCUT2D eigenvalue weighted by Crippen LogP contribution is 2.03. The molecule has 1 amide bonds. The van der Waals surface area contributed by atoms with Crippen LogP contribution in [0.5, 0.6) is 0 Å². The van der Waals surface area contributed by atoms with Gasteiger partial charge < -0.3 is 10.1 Å². The maximum absolute atomic E-state index is 11.1. The lowest BCUT2D eigenvalue weighted by molar-refractivity contribution is -0.118. The first-order valence-corrected chi connectivity index (χ1v) is 7.24. The van der Waals surface area contributed by atoms with E-state index >= 15 is 0 Å². The maximum Gasteiger partial charge on any atom is 0.230 e. The minimum absolute atomic E-state index is 0.0921. The molecule has 1 N–H and O–H groups in total. The van der Waals surface area contributed by atoms with Crippen LogP contribution < -0.4 is 5.32 Å². The van der Waals surface area contributed by atoms with Gasteiger partial charge in [-0.3, -0.25) is 4.79 Å². The summed E-state index contributed by atoms with van der Waals surface area (Å²) < 4.78 is 0.940. The summed E-state index contributed by atoms with van der Waals surface area (Å²) in [6.07, 6.45) is 2.38. The number of carbonyl (C=O) groups excluding carboxylic acids is 2. The van der Waals surface area contributed by atoms with E-state index in [0.29, 0.717) is 18.7 Å². The van der Waals surface area contributed by atoms with E-state index < -0.39 is 0 Å². The molecule has 14 heavy (non-hydrogen) atoms. The average molecular weight is 329 g/mol. The zero-order chi connectivity index (χ0) is 10.8. The second-order valence-corrected chi connectivity index (χ2v) is 5.75. The fourth-order valence-corrected chi connectivity index (χ4v) is 1.93. The molecule has 0 aromatic heterocycles. The number of carbonyl (C=O) groups is 2. The summed E-state index contributed by atoms with van der Waals surface area (Å²) in [4.78, 5) is 21.7. The molecule has 0 atom stereocenters. The minimum atomic E-state index is 0.0921. The van der Waals surface area contributed by atoms with Gasteiger partial charge in [0.15, 0.2) is 0 Å². The van der Waals surface area contributed by atoms with Gasteiger partial charge in [0.2, 0.25) is 5.91 Å². The van der Waals surface area contributed by atoms with Crippen LogP contribution in [0.2, 0.25) is 0 Å². The van der Waals surface area contributed by atoms with Crippen LogP contribution in [0.4, 0.5) is 0 Å². The zero-order valence-corrected chi connectivity index (χ0v) is 11.3. The highest BCUT2D eigenvalue weighted by atomic mass is 127. The monoisotopic (exact) mass is 329 g/mol. The Morgan fingerprint density at radius 2 is 2.07 bits per heavy atom. The number of nitrogens with one attached hydrogen (secondary N) is 1. The van der Waals surface area contributed by atoms with E-state index in [2.05, 4.69) is 27.9 Å². The highest BCUT2D eigenvalue weighted by Gasteiger charge is 1.99. The smallest absolute Gasteiger partial charge is 0.230 e. The molecule has 0 saturated heterocycles. The number of unbranched alkanes of at least 4 members (excludes halogenated alkanes) is 1. The molecule has 0 rings (SSSR count). The molecule has 0 aromatic carbocycles. The van der Waals surface area contributed by atoms with Crippen molar-refractivity contribution in [1.29, 1.82) is 0 Å². The van der Waals surface area contributed by atoms with Gasteiger partial charge in [-0.15, -0.1) is 11.8 Å². The quantitative estimate of drug-likeness (QED) is 0.421. The SMILES string of the molecule is CC(=O)CCCCNC(=O)CSCI. The number of amides is 1. The van der Waals surface area contributed by atoms with Crippen LogP contribution in [0.3, 0.4) is 0 Å². The van der Waals surface area contributed by atoms with Crippen molar-refractivity contribution in [2.75, 3.05) is 16.1 Å².